The number of benzene rings is 2. The van der Waals surface area contributed by atoms with Crippen molar-refractivity contribution >= 4 is 35.2 Å². The molecule has 1 unspecified atom stereocenters. The van der Waals surface area contributed by atoms with Crippen LogP contribution in [-0.2, 0) is 0 Å². The normalized spacial score (nSPS) is 19.0. The van der Waals surface area contributed by atoms with Gasteiger partial charge >= 0.3 is 6.03 Å². The summed E-state index contributed by atoms with van der Waals surface area (Å²) >= 11 is 1.57. The van der Waals surface area contributed by atoms with Gasteiger partial charge in [-0.25, -0.2) is 4.79 Å². The molecular formula is C23H25N3O3S. The van der Waals surface area contributed by atoms with Crippen LogP contribution < -0.4 is 10.2 Å². The van der Waals surface area contributed by atoms with Crippen LogP contribution in [0.2, 0.25) is 0 Å². The molecule has 1 N–H and O–H groups in total. The third-order valence-corrected chi connectivity index (χ3v) is 6.51. The molecule has 30 heavy (non-hydrogen) atoms. The molecule has 2 heterocycles. The molecule has 0 radical (unpaired) electrons. The van der Waals surface area contributed by atoms with E-state index in [0.717, 1.165) is 29.0 Å². The van der Waals surface area contributed by atoms with Gasteiger partial charge in [-0.1, -0.05) is 24.3 Å². The van der Waals surface area contributed by atoms with Crippen molar-refractivity contribution in [2.75, 3.05) is 37.3 Å². The van der Waals surface area contributed by atoms with Crippen LogP contribution in [0.3, 0.4) is 0 Å². The Morgan fingerprint density at radius 1 is 1.10 bits per heavy atom. The summed E-state index contributed by atoms with van der Waals surface area (Å²) in [5, 5.41) is 2.78. The number of likely N-dealkylation sites (tertiary alicyclic amines) is 1. The average Bonchev–Trinajstić information content (AvgIpc) is 3.24. The molecule has 6 nitrogen and oxygen atoms in total. The van der Waals surface area contributed by atoms with Crippen LogP contribution in [0.1, 0.15) is 33.6 Å². The maximum Gasteiger partial charge on any atom is 0.321 e. The fourth-order valence-electron chi connectivity index (χ4n) is 4.15. The first-order valence-corrected chi connectivity index (χ1v) is 11.4. The highest BCUT2D eigenvalue weighted by Crippen LogP contribution is 2.28. The van der Waals surface area contributed by atoms with E-state index in [1.807, 2.05) is 36.6 Å². The van der Waals surface area contributed by atoms with Gasteiger partial charge in [0.25, 0.3) is 5.91 Å². The molecule has 0 spiro atoms. The van der Waals surface area contributed by atoms with Crippen molar-refractivity contribution in [3.05, 3.63) is 59.7 Å². The molecule has 2 fully saturated rings. The Kier molecular flexibility index (Phi) is 6.08. The average molecular weight is 424 g/mol. The standard InChI is InChI=1S/C23H25N3O3S/c1-30-20-10-3-2-9-19(20)21(27)17-7-5-12-25(15-17)22(28)16-6-4-8-18(14-16)26-13-11-24-23(26)29/h2-4,6,8-10,14,17H,5,7,11-13,15H2,1H3,(H,24,29). The van der Waals surface area contributed by atoms with Crippen LogP contribution in [0.4, 0.5) is 10.5 Å². The second kappa shape index (κ2) is 8.92. The van der Waals surface area contributed by atoms with Crippen molar-refractivity contribution < 1.29 is 14.4 Å². The molecule has 0 aromatic heterocycles. The van der Waals surface area contributed by atoms with Gasteiger partial charge in [-0.3, -0.25) is 14.5 Å². The van der Waals surface area contributed by atoms with Gasteiger partial charge in [0.2, 0.25) is 0 Å². The Balaban J connectivity index is 1.50. The molecule has 4 rings (SSSR count). The smallest absolute Gasteiger partial charge is 0.321 e. The molecule has 156 valence electrons. The quantitative estimate of drug-likeness (QED) is 0.588. The summed E-state index contributed by atoms with van der Waals surface area (Å²) in [6.45, 7) is 2.26. The molecule has 1 atom stereocenters. The minimum Gasteiger partial charge on any atom is -0.338 e. The largest absolute Gasteiger partial charge is 0.338 e. The van der Waals surface area contributed by atoms with Crippen LogP contribution in [0.5, 0.6) is 0 Å². The number of thioether (sulfide) groups is 1. The number of carbonyl (C=O) groups excluding carboxylic acids is 3. The van der Waals surface area contributed by atoms with E-state index in [9.17, 15) is 14.4 Å². The van der Waals surface area contributed by atoms with E-state index >= 15 is 0 Å². The molecule has 2 aromatic rings. The van der Waals surface area contributed by atoms with Crippen molar-refractivity contribution in [1.29, 1.82) is 0 Å². The van der Waals surface area contributed by atoms with Gasteiger partial charge in [0, 0.05) is 53.8 Å². The highest BCUT2D eigenvalue weighted by atomic mass is 32.2. The molecule has 2 saturated heterocycles. The van der Waals surface area contributed by atoms with Gasteiger partial charge in [-0.15, -0.1) is 11.8 Å². The van der Waals surface area contributed by atoms with Crippen molar-refractivity contribution in [2.45, 2.75) is 17.7 Å². The second-order valence-corrected chi connectivity index (χ2v) is 8.44. The number of ketones is 1. The molecular weight excluding hydrogens is 398 g/mol. The molecule has 0 aliphatic carbocycles. The summed E-state index contributed by atoms with van der Waals surface area (Å²) in [6, 6.07) is 14.7. The molecule has 0 bridgehead atoms. The molecule has 0 saturated carbocycles. The van der Waals surface area contributed by atoms with E-state index in [-0.39, 0.29) is 23.6 Å². The van der Waals surface area contributed by atoms with Crippen molar-refractivity contribution in [3.63, 3.8) is 0 Å². The van der Waals surface area contributed by atoms with Gasteiger partial charge in [0.15, 0.2) is 5.78 Å². The highest BCUT2D eigenvalue weighted by Gasteiger charge is 2.31. The fraction of sp³-hybridized carbons (Fsp3) is 0.348. The van der Waals surface area contributed by atoms with Gasteiger partial charge in [0.05, 0.1) is 0 Å². The first-order valence-electron chi connectivity index (χ1n) is 10.2. The Morgan fingerprint density at radius 3 is 2.70 bits per heavy atom. The maximum atomic E-state index is 13.2. The fourth-order valence-corrected chi connectivity index (χ4v) is 4.75. The van der Waals surface area contributed by atoms with Gasteiger partial charge in [0.1, 0.15) is 0 Å². The number of rotatable bonds is 5. The number of carbonyl (C=O) groups is 3. The Bertz CT molecular complexity index is 978. The van der Waals surface area contributed by atoms with E-state index < -0.39 is 0 Å². The van der Waals surface area contributed by atoms with Crippen molar-refractivity contribution in [1.82, 2.24) is 10.2 Å². The summed E-state index contributed by atoms with van der Waals surface area (Å²) < 4.78 is 0. The van der Waals surface area contributed by atoms with Gasteiger partial charge in [-0.2, -0.15) is 0 Å². The van der Waals surface area contributed by atoms with Gasteiger partial charge in [-0.05, 0) is 43.4 Å². The zero-order valence-corrected chi connectivity index (χ0v) is 17.8. The molecule has 2 aliphatic heterocycles. The van der Waals surface area contributed by atoms with E-state index in [2.05, 4.69) is 5.32 Å². The number of Topliss-reactive ketones (excluding diaryl/α,β-unsaturated/α-hetero) is 1. The minimum absolute atomic E-state index is 0.0906. The first kappa shape index (κ1) is 20.5. The SMILES string of the molecule is CSc1ccccc1C(=O)C1CCCN(C(=O)c2cccc(N3CCNC3=O)c2)C1. The second-order valence-electron chi connectivity index (χ2n) is 7.59. The van der Waals surface area contributed by atoms with Crippen LogP contribution in [0.25, 0.3) is 0 Å². The van der Waals surface area contributed by atoms with Crippen LogP contribution in [-0.4, -0.2) is 55.1 Å². The predicted molar refractivity (Wildman–Crippen MR) is 118 cm³/mol. The van der Waals surface area contributed by atoms with E-state index in [1.54, 1.807) is 39.8 Å². The Labute approximate surface area is 180 Å². The van der Waals surface area contributed by atoms with Crippen LogP contribution in [0.15, 0.2) is 53.4 Å². The number of hydrogen-bond donors (Lipinski definition) is 1. The zero-order chi connectivity index (χ0) is 21.1. The number of nitrogens with one attached hydrogen (secondary N) is 1. The summed E-state index contributed by atoms with van der Waals surface area (Å²) in [5.74, 6) is -0.171. The summed E-state index contributed by atoms with van der Waals surface area (Å²) in [5.41, 5.74) is 2.01. The highest BCUT2D eigenvalue weighted by molar-refractivity contribution is 7.98. The zero-order valence-electron chi connectivity index (χ0n) is 17.0. The number of piperidine rings is 1. The predicted octanol–water partition coefficient (Wildman–Crippen LogP) is 3.67. The van der Waals surface area contributed by atoms with E-state index in [4.69, 9.17) is 0 Å². The van der Waals surface area contributed by atoms with Gasteiger partial charge < -0.3 is 10.2 Å². The van der Waals surface area contributed by atoms with Crippen molar-refractivity contribution in [2.24, 2.45) is 5.92 Å². The van der Waals surface area contributed by atoms with E-state index in [0.29, 0.717) is 31.7 Å². The topological polar surface area (TPSA) is 69.7 Å². The monoisotopic (exact) mass is 423 g/mol. The summed E-state index contributed by atoms with van der Waals surface area (Å²) in [7, 11) is 0. The third-order valence-electron chi connectivity index (χ3n) is 5.71. The Morgan fingerprint density at radius 2 is 1.93 bits per heavy atom. The van der Waals surface area contributed by atoms with Crippen LogP contribution >= 0.6 is 11.8 Å². The van der Waals surface area contributed by atoms with Crippen molar-refractivity contribution in [3.8, 4) is 0 Å². The molecule has 3 amide bonds. The number of nitrogens with zero attached hydrogens (tertiary/aromatic N) is 2. The summed E-state index contributed by atoms with van der Waals surface area (Å²) in [4.78, 5) is 42.6. The first-order chi connectivity index (χ1) is 14.6. The molecule has 2 aromatic carbocycles. The number of amides is 3. The number of urea groups is 1. The summed E-state index contributed by atoms with van der Waals surface area (Å²) in [6.07, 6.45) is 3.56. The third kappa shape index (κ3) is 4.07. The Hall–Kier alpha value is -2.80. The number of anilines is 1. The van der Waals surface area contributed by atoms with Crippen LogP contribution in [0, 0.1) is 5.92 Å². The lowest BCUT2D eigenvalue weighted by Crippen LogP contribution is -2.42. The molecule has 2 aliphatic rings. The minimum atomic E-state index is -0.191. The molecule has 7 heteroatoms. The lowest BCUT2D eigenvalue weighted by atomic mass is 9.89. The maximum absolute atomic E-state index is 13.2. The van der Waals surface area contributed by atoms with E-state index in [1.165, 1.54) is 0 Å². The number of hydrogen-bond acceptors (Lipinski definition) is 4. The lowest BCUT2D eigenvalue weighted by Gasteiger charge is -2.32. The lowest BCUT2D eigenvalue weighted by molar-refractivity contribution is 0.0636.